The van der Waals surface area contributed by atoms with Gasteiger partial charge in [0.1, 0.15) is 9.84 Å². The third kappa shape index (κ3) is 3.58. The summed E-state index contributed by atoms with van der Waals surface area (Å²) in [5.74, 6) is -0.989. The van der Waals surface area contributed by atoms with Gasteiger partial charge in [-0.15, -0.1) is 0 Å². The molecule has 7 heteroatoms. The van der Waals surface area contributed by atoms with Crippen LogP contribution in [0.4, 0.5) is 5.88 Å². The minimum absolute atomic E-state index is 0.00734. The van der Waals surface area contributed by atoms with Gasteiger partial charge in [-0.25, -0.2) is 13.2 Å². The Morgan fingerprint density at radius 3 is 2.56 bits per heavy atom. The first-order chi connectivity index (χ1) is 7.29. The fraction of sp³-hybridized carbons (Fsp3) is 0.444. The largest absolute Gasteiger partial charge is 0.475 e. The second kappa shape index (κ2) is 4.56. The van der Waals surface area contributed by atoms with Crippen LogP contribution in [0.5, 0.6) is 0 Å². The molecule has 1 aromatic rings. The van der Waals surface area contributed by atoms with Crippen molar-refractivity contribution in [2.75, 3.05) is 30.5 Å². The fourth-order valence-corrected chi connectivity index (χ4v) is 1.67. The summed E-state index contributed by atoms with van der Waals surface area (Å²) < 4.78 is 26.9. The Bertz CT molecular complexity index is 476. The van der Waals surface area contributed by atoms with Crippen molar-refractivity contribution in [3.63, 3.8) is 0 Å². The summed E-state index contributed by atoms with van der Waals surface area (Å²) in [5.41, 5.74) is 0. The van der Waals surface area contributed by atoms with Crippen LogP contribution in [0.3, 0.4) is 0 Å². The van der Waals surface area contributed by atoms with E-state index >= 15 is 0 Å². The van der Waals surface area contributed by atoms with Gasteiger partial charge in [0.05, 0.1) is 5.75 Å². The summed E-state index contributed by atoms with van der Waals surface area (Å²) in [7, 11) is -1.40. The van der Waals surface area contributed by atoms with Crippen molar-refractivity contribution in [3.8, 4) is 0 Å². The molecule has 16 heavy (non-hydrogen) atoms. The van der Waals surface area contributed by atoms with Gasteiger partial charge in [-0.3, -0.25) is 0 Å². The smallest absolute Gasteiger partial charge is 0.371 e. The lowest BCUT2D eigenvalue weighted by Crippen LogP contribution is -2.24. The van der Waals surface area contributed by atoms with E-state index in [1.54, 1.807) is 11.9 Å². The van der Waals surface area contributed by atoms with Gasteiger partial charge in [0, 0.05) is 25.9 Å². The molecule has 0 spiro atoms. The van der Waals surface area contributed by atoms with E-state index < -0.39 is 15.8 Å². The maximum absolute atomic E-state index is 10.9. The Kier molecular flexibility index (Phi) is 3.58. The molecule has 0 aromatic carbocycles. The van der Waals surface area contributed by atoms with Crippen LogP contribution < -0.4 is 4.90 Å². The number of nitrogens with zero attached hydrogens (tertiary/aromatic N) is 1. The molecule has 0 saturated heterocycles. The number of carboxylic acids is 1. The van der Waals surface area contributed by atoms with Gasteiger partial charge < -0.3 is 14.4 Å². The van der Waals surface area contributed by atoms with E-state index in [2.05, 4.69) is 0 Å². The number of sulfone groups is 1. The van der Waals surface area contributed by atoms with Crippen LogP contribution in [0.1, 0.15) is 10.6 Å². The maximum Gasteiger partial charge on any atom is 0.371 e. The summed E-state index contributed by atoms with van der Waals surface area (Å²) in [4.78, 5) is 12.1. The van der Waals surface area contributed by atoms with Crippen LogP contribution in [0.2, 0.25) is 0 Å². The van der Waals surface area contributed by atoms with E-state index in [9.17, 15) is 13.2 Å². The summed E-state index contributed by atoms with van der Waals surface area (Å²) in [5, 5.41) is 8.63. The molecule has 0 bridgehead atoms. The van der Waals surface area contributed by atoms with E-state index in [0.717, 1.165) is 6.26 Å². The SMILES string of the molecule is CN(CCS(C)(=O)=O)c1ccc(C(=O)O)o1. The van der Waals surface area contributed by atoms with Crippen molar-refractivity contribution < 1.29 is 22.7 Å². The van der Waals surface area contributed by atoms with E-state index in [4.69, 9.17) is 9.52 Å². The molecule has 1 rings (SSSR count). The van der Waals surface area contributed by atoms with E-state index in [1.165, 1.54) is 12.1 Å². The molecule has 6 nitrogen and oxygen atoms in total. The van der Waals surface area contributed by atoms with Gasteiger partial charge in [0.2, 0.25) is 5.76 Å². The molecule has 90 valence electrons. The van der Waals surface area contributed by atoms with Gasteiger partial charge in [-0.2, -0.15) is 0 Å². The molecule has 0 atom stereocenters. The highest BCUT2D eigenvalue weighted by Gasteiger charge is 2.13. The van der Waals surface area contributed by atoms with E-state index in [1.807, 2.05) is 0 Å². The van der Waals surface area contributed by atoms with Crippen molar-refractivity contribution in [1.82, 2.24) is 0 Å². The van der Waals surface area contributed by atoms with Gasteiger partial charge >= 0.3 is 5.97 Å². The molecule has 0 unspecified atom stereocenters. The third-order valence-electron chi connectivity index (χ3n) is 1.98. The Balaban J connectivity index is 2.66. The third-order valence-corrected chi connectivity index (χ3v) is 2.90. The molecule has 0 aliphatic heterocycles. The fourth-order valence-electron chi connectivity index (χ4n) is 1.06. The van der Waals surface area contributed by atoms with Crippen molar-refractivity contribution in [3.05, 3.63) is 17.9 Å². The predicted octanol–water partition coefficient (Wildman–Crippen LogP) is 0.459. The minimum Gasteiger partial charge on any atom is -0.475 e. The zero-order chi connectivity index (χ0) is 12.3. The number of hydrogen-bond donors (Lipinski definition) is 1. The highest BCUT2D eigenvalue weighted by molar-refractivity contribution is 7.90. The number of carboxylic acid groups (broad SMARTS) is 1. The standard InChI is InChI=1S/C9H13NO5S/c1-10(5-6-16(2,13)14)8-4-3-7(15-8)9(11)12/h3-4H,5-6H2,1-2H3,(H,11,12). The van der Waals surface area contributed by atoms with Crippen molar-refractivity contribution in [2.45, 2.75) is 0 Å². The van der Waals surface area contributed by atoms with Crippen LogP contribution in [-0.4, -0.2) is 45.1 Å². The molecule has 0 amide bonds. The second-order valence-corrected chi connectivity index (χ2v) is 5.75. The van der Waals surface area contributed by atoms with Crippen LogP contribution in [0.25, 0.3) is 0 Å². The normalized spacial score (nSPS) is 11.4. The first-order valence-corrected chi connectivity index (χ1v) is 6.57. The highest BCUT2D eigenvalue weighted by Crippen LogP contribution is 2.16. The number of hydrogen-bond acceptors (Lipinski definition) is 5. The minimum atomic E-state index is -3.04. The van der Waals surface area contributed by atoms with E-state index in [-0.39, 0.29) is 18.1 Å². The first-order valence-electron chi connectivity index (χ1n) is 4.51. The molecule has 0 fully saturated rings. The number of rotatable bonds is 5. The summed E-state index contributed by atoms with van der Waals surface area (Å²) in [6.07, 6.45) is 1.14. The van der Waals surface area contributed by atoms with Crippen molar-refractivity contribution in [2.24, 2.45) is 0 Å². The molecule has 0 aliphatic carbocycles. The van der Waals surface area contributed by atoms with E-state index in [0.29, 0.717) is 5.88 Å². The van der Waals surface area contributed by atoms with Crippen LogP contribution in [-0.2, 0) is 9.84 Å². The average Bonchev–Trinajstić information content (AvgIpc) is 2.61. The maximum atomic E-state index is 10.9. The molecular weight excluding hydrogens is 234 g/mol. The van der Waals surface area contributed by atoms with Gasteiger partial charge in [0.15, 0.2) is 5.88 Å². The van der Waals surface area contributed by atoms with Gasteiger partial charge in [-0.1, -0.05) is 0 Å². The first kappa shape index (κ1) is 12.6. The van der Waals surface area contributed by atoms with Crippen molar-refractivity contribution in [1.29, 1.82) is 0 Å². The topological polar surface area (TPSA) is 87.8 Å². The van der Waals surface area contributed by atoms with Gasteiger partial charge in [0.25, 0.3) is 0 Å². The zero-order valence-electron chi connectivity index (χ0n) is 9.00. The molecule has 0 radical (unpaired) electrons. The van der Waals surface area contributed by atoms with Crippen LogP contribution >= 0.6 is 0 Å². The Labute approximate surface area is 93.4 Å². The highest BCUT2D eigenvalue weighted by atomic mass is 32.2. The number of furan rings is 1. The summed E-state index contributed by atoms with van der Waals surface area (Å²) in [6, 6.07) is 2.82. The Hall–Kier alpha value is -1.50. The summed E-state index contributed by atoms with van der Waals surface area (Å²) >= 11 is 0. The average molecular weight is 247 g/mol. The molecule has 0 aliphatic rings. The lowest BCUT2D eigenvalue weighted by molar-refractivity contribution is 0.0663. The number of carbonyl (C=O) groups is 1. The quantitative estimate of drug-likeness (QED) is 0.813. The molecule has 1 heterocycles. The molecule has 1 N–H and O–H groups in total. The number of anilines is 1. The molecule has 1 aromatic heterocycles. The second-order valence-electron chi connectivity index (χ2n) is 3.49. The predicted molar refractivity (Wildman–Crippen MR) is 58.6 cm³/mol. The molecular formula is C9H13NO5S. The number of aromatic carboxylic acids is 1. The lowest BCUT2D eigenvalue weighted by Gasteiger charge is -2.14. The zero-order valence-corrected chi connectivity index (χ0v) is 9.82. The Morgan fingerprint density at radius 2 is 2.12 bits per heavy atom. The van der Waals surface area contributed by atoms with Crippen molar-refractivity contribution >= 4 is 21.7 Å². The lowest BCUT2D eigenvalue weighted by atomic mass is 10.4. The molecule has 0 saturated carbocycles. The van der Waals surface area contributed by atoms with Gasteiger partial charge in [-0.05, 0) is 6.07 Å². The monoisotopic (exact) mass is 247 g/mol. The van der Waals surface area contributed by atoms with Crippen LogP contribution in [0, 0.1) is 0 Å². The Morgan fingerprint density at radius 1 is 1.50 bits per heavy atom. The summed E-state index contributed by atoms with van der Waals surface area (Å²) in [6.45, 7) is 0.255. The van der Waals surface area contributed by atoms with Crippen LogP contribution in [0.15, 0.2) is 16.5 Å².